The average molecular weight is 263 g/mol. The standard InChI is InChI=1S/C14H15F2N3/c1-19(2)14-6-5-12(9-18-14)17-8-10-3-4-11(15)7-13(10)16/h3-7,9,17H,8H2,1-2H3. The molecule has 2 aromatic rings. The maximum absolute atomic E-state index is 13.4. The number of hydrogen-bond donors (Lipinski definition) is 1. The molecule has 0 fully saturated rings. The maximum atomic E-state index is 13.4. The van der Waals surface area contributed by atoms with Gasteiger partial charge in [0.25, 0.3) is 0 Å². The van der Waals surface area contributed by atoms with Crippen LogP contribution in [0.3, 0.4) is 0 Å². The molecule has 100 valence electrons. The van der Waals surface area contributed by atoms with Crippen molar-refractivity contribution < 1.29 is 8.78 Å². The van der Waals surface area contributed by atoms with Gasteiger partial charge >= 0.3 is 0 Å². The van der Waals surface area contributed by atoms with Crippen LogP contribution in [0.1, 0.15) is 5.56 Å². The fourth-order valence-corrected chi connectivity index (χ4v) is 1.62. The van der Waals surface area contributed by atoms with Gasteiger partial charge in [0.1, 0.15) is 17.5 Å². The van der Waals surface area contributed by atoms with Gasteiger partial charge in [0.2, 0.25) is 0 Å². The molecule has 3 nitrogen and oxygen atoms in total. The fourth-order valence-electron chi connectivity index (χ4n) is 1.62. The van der Waals surface area contributed by atoms with Gasteiger partial charge in [-0.3, -0.25) is 0 Å². The second kappa shape index (κ2) is 5.65. The zero-order valence-electron chi connectivity index (χ0n) is 10.8. The van der Waals surface area contributed by atoms with Crippen molar-refractivity contribution in [2.75, 3.05) is 24.3 Å². The molecule has 0 aliphatic carbocycles. The number of hydrogen-bond acceptors (Lipinski definition) is 3. The molecule has 0 radical (unpaired) electrons. The van der Waals surface area contributed by atoms with Crippen LogP contribution in [0.4, 0.5) is 20.3 Å². The largest absolute Gasteiger partial charge is 0.380 e. The van der Waals surface area contributed by atoms with Crippen molar-refractivity contribution in [3.63, 3.8) is 0 Å². The number of aromatic nitrogens is 1. The van der Waals surface area contributed by atoms with Crippen LogP contribution in [0.5, 0.6) is 0 Å². The van der Waals surface area contributed by atoms with E-state index in [9.17, 15) is 8.78 Å². The number of benzene rings is 1. The molecule has 0 saturated heterocycles. The van der Waals surface area contributed by atoms with E-state index in [0.29, 0.717) is 5.56 Å². The lowest BCUT2D eigenvalue weighted by molar-refractivity contribution is 0.574. The number of rotatable bonds is 4. The van der Waals surface area contributed by atoms with Gasteiger partial charge in [-0.1, -0.05) is 6.07 Å². The van der Waals surface area contributed by atoms with Crippen LogP contribution in [0.2, 0.25) is 0 Å². The number of pyridine rings is 1. The van der Waals surface area contributed by atoms with E-state index >= 15 is 0 Å². The van der Waals surface area contributed by atoms with Crippen LogP contribution in [0.15, 0.2) is 36.5 Å². The first-order valence-electron chi connectivity index (χ1n) is 5.87. The van der Waals surface area contributed by atoms with Crippen LogP contribution in [0, 0.1) is 11.6 Å². The quantitative estimate of drug-likeness (QED) is 0.919. The summed E-state index contributed by atoms with van der Waals surface area (Å²) in [5.74, 6) is -0.276. The van der Waals surface area contributed by atoms with Gasteiger partial charge < -0.3 is 10.2 Å². The minimum atomic E-state index is -0.571. The highest BCUT2D eigenvalue weighted by Crippen LogP contribution is 2.14. The molecular weight excluding hydrogens is 248 g/mol. The van der Waals surface area contributed by atoms with Crippen LogP contribution in [-0.4, -0.2) is 19.1 Å². The molecule has 0 saturated carbocycles. The third kappa shape index (κ3) is 3.40. The minimum Gasteiger partial charge on any atom is -0.380 e. The van der Waals surface area contributed by atoms with Gasteiger partial charge in [-0.25, -0.2) is 13.8 Å². The summed E-state index contributed by atoms with van der Waals surface area (Å²) >= 11 is 0. The minimum absolute atomic E-state index is 0.287. The van der Waals surface area contributed by atoms with E-state index in [0.717, 1.165) is 17.6 Å². The summed E-state index contributed by atoms with van der Waals surface area (Å²) in [6.45, 7) is 0.287. The molecule has 5 heteroatoms. The zero-order valence-corrected chi connectivity index (χ0v) is 10.8. The molecule has 19 heavy (non-hydrogen) atoms. The third-order valence-electron chi connectivity index (χ3n) is 2.70. The van der Waals surface area contributed by atoms with Gasteiger partial charge in [0.15, 0.2) is 0 Å². The first-order chi connectivity index (χ1) is 9.06. The summed E-state index contributed by atoms with van der Waals surface area (Å²) in [6, 6.07) is 7.28. The van der Waals surface area contributed by atoms with E-state index in [1.807, 2.05) is 31.1 Å². The van der Waals surface area contributed by atoms with E-state index in [-0.39, 0.29) is 6.54 Å². The van der Waals surface area contributed by atoms with E-state index in [1.165, 1.54) is 12.1 Å². The van der Waals surface area contributed by atoms with Crippen molar-refractivity contribution in [2.45, 2.75) is 6.54 Å². The Morgan fingerprint density at radius 2 is 1.95 bits per heavy atom. The van der Waals surface area contributed by atoms with Gasteiger partial charge in [-0.2, -0.15) is 0 Å². The molecule has 0 spiro atoms. The fraction of sp³-hybridized carbons (Fsp3) is 0.214. The first kappa shape index (κ1) is 13.3. The van der Waals surface area contributed by atoms with Crippen molar-refractivity contribution in [3.05, 3.63) is 53.7 Å². The van der Waals surface area contributed by atoms with Gasteiger partial charge in [0.05, 0.1) is 11.9 Å². The molecule has 0 unspecified atom stereocenters. The van der Waals surface area contributed by atoms with Crippen molar-refractivity contribution in [1.29, 1.82) is 0 Å². The second-order valence-corrected chi connectivity index (χ2v) is 4.39. The lowest BCUT2D eigenvalue weighted by Crippen LogP contribution is -2.10. The Labute approximate surface area is 110 Å². The lowest BCUT2D eigenvalue weighted by atomic mass is 10.2. The number of nitrogens with zero attached hydrogens (tertiary/aromatic N) is 2. The molecule has 1 aromatic carbocycles. The summed E-state index contributed by atoms with van der Waals surface area (Å²) in [6.07, 6.45) is 1.68. The average Bonchev–Trinajstić information content (AvgIpc) is 2.38. The highest BCUT2D eigenvalue weighted by molar-refractivity contribution is 5.48. The number of nitrogens with one attached hydrogen (secondary N) is 1. The predicted molar refractivity (Wildman–Crippen MR) is 72.2 cm³/mol. The Hall–Kier alpha value is -2.17. The van der Waals surface area contributed by atoms with E-state index in [1.54, 1.807) is 6.20 Å². The van der Waals surface area contributed by atoms with Gasteiger partial charge in [-0.05, 0) is 18.2 Å². The lowest BCUT2D eigenvalue weighted by Gasteiger charge is -2.12. The predicted octanol–water partition coefficient (Wildman–Crippen LogP) is 3.04. The normalized spacial score (nSPS) is 10.3. The molecule has 0 amide bonds. The molecule has 1 aromatic heterocycles. The summed E-state index contributed by atoms with van der Waals surface area (Å²) in [5, 5.41) is 3.04. The Kier molecular flexibility index (Phi) is 3.94. The van der Waals surface area contributed by atoms with Crippen LogP contribution >= 0.6 is 0 Å². The summed E-state index contributed by atoms with van der Waals surface area (Å²) in [7, 11) is 3.81. The smallest absolute Gasteiger partial charge is 0.131 e. The molecule has 1 N–H and O–H groups in total. The number of anilines is 2. The molecule has 0 aliphatic heterocycles. The van der Waals surface area contributed by atoms with Crippen LogP contribution in [0.25, 0.3) is 0 Å². The highest BCUT2D eigenvalue weighted by atomic mass is 19.1. The van der Waals surface area contributed by atoms with Gasteiger partial charge in [0, 0.05) is 32.3 Å². The molecular formula is C14H15F2N3. The zero-order chi connectivity index (χ0) is 13.8. The Balaban J connectivity index is 2.02. The monoisotopic (exact) mass is 263 g/mol. The highest BCUT2D eigenvalue weighted by Gasteiger charge is 2.04. The van der Waals surface area contributed by atoms with Crippen molar-refractivity contribution in [1.82, 2.24) is 4.98 Å². The Morgan fingerprint density at radius 1 is 1.16 bits per heavy atom. The summed E-state index contributed by atoms with van der Waals surface area (Å²) in [4.78, 5) is 6.13. The van der Waals surface area contributed by atoms with Crippen LogP contribution in [-0.2, 0) is 6.54 Å². The maximum Gasteiger partial charge on any atom is 0.131 e. The van der Waals surface area contributed by atoms with E-state index in [4.69, 9.17) is 0 Å². The van der Waals surface area contributed by atoms with Crippen molar-refractivity contribution in [3.8, 4) is 0 Å². The Bertz CT molecular complexity index is 553. The third-order valence-corrected chi connectivity index (χ3v) is 2.70. The Morgan fingerprint density at radius 3 is 2.53 bits per heavy atom. The summed E-state index contributed by atoms with van der Waals surface area (Å²) < 4.78 is 26.2. The van der Waals surface area contributed by atoms with Crippen LogP contribution < -0.4 is 10.2 Å². The first-order valence-corrected chi connectivity index (χ1v) is 5.87. The number of halogens is 2. The molecule has 1 heterocycles. The van der Waals surface area contributed by atoms with Crippen molar-refractivity contribution >= 4 is 11.5 Å². The van der Waals surface area contributed by atoms with E-state index < -0.39 is 11.6 Å². The second-order valence-electron chi connectivity index (χ2n) is 4.39. The summed E-state index contributed by atoms with van der Waals surface area (Å²) in [5.41, 5.74) is 1.20. The van der Waals surface area contributed by atoms with E-state index in [2.05, 4.69) is 10.3 Å². The molecule has 0 bridgehead atoms. The molecule has 0 aliphatic rings. The molecule has 2 rings (SSSR count). The topological polar surface area (TPSA) is 28.2 Å². The SMILES string of the molecule is CN(C)c1ccc(NCc2ccc(F)cc2F)cn1. The van der Waals surface area contributed by atoms with Crippen molar-refractivity contribution in [2.24, 2.45) is 0 Å². The van der Waals surface area contributed by atoms with Gasteiger partial charge in [-0.15, -0.1) is 0 Å². The molecule has 0 atom stereocenters.